The summed E-state index contributed by atoms with van der Waals surface area (Å²) in [6.07, 6.45) is 4.31. The summed E-state index contributed by atoms with van der Waals surface area (Å²) >= 11 is 0. The first-order valence-electron chi connectivity index (χ1n) is 9.50. The van der Waals surface area contributed by atoms with Crippen molar-refractivity contribution in [2.45, 2.75) is 38.8 Å². The highest BCUT2D eigenvalue weighted by molar-refractivity contribution is 5.83. The number of hydrogen-bond acceptors (Lipinski definition) is 4. The summed E-state index contributed by atoms with van der Waals surface area (Å²) in [7, 11) is 1.68. The molecule has 2 N–H and O–H groups in total. The molecule has 0 unspecified atom stereocenters. The van der Waals surface area contributed by atoms with Gasteiger partial charge < -0.3 is 15.4 Å². The van der Waals surface area contributed by atoms with Crippen molar-refractivity contribution in [1.82, 2.24) is 15.5 Å². The molecule has 1 aromatic carbocycles. The zero-order valence-corrected chi connectivity index (χ0v) is 15.4. The lowest BCUT2D eigenvalue weighted by molar-refractivity contribution is -0.136. The summed E-state index contributed by atoms with van der Waals surface area (Å²) in [6, 6.07) is 8.65. The number of carbonyl (C=O) groups excluding carboxylic acids is 1. The van der Waals surface area contributed by atoms with Crippen LogP contribution in [0.25, 0.3) is 0 Å². The second-order valence-corrected chi connectivity index (χ2v) is 7.45. The smallest absolute Gasteiger partial charge is 0.228 e. The summed E-state index contributed by atoms with van der Waals surface area (Å²) in [5, 5.41) is 6.45. The lowest BCUT2D eigenvalue weighted by atomic mass is 9.78. The molecule has 0 spiro atoms. The number of piperidine rings is 1. The van der Waals surface area contributed by atoms with Gasteiger partial charge in [0.2, 0.25) is 5.91 Å². The molecule has 0 radical (unpaired) electrons. The van der Waals surface area contributed by atoms with Crippen molar-refractivity contribution in [3.63, 3.8) is 0 Å². The monoisotopic (exact) mass is 345 g/mol. The molecule has 5 heteroatoms. The van der Waals surface area contributed by atoms with E-state index in [1.54, 1.807) is 7.11 Å². The highest BCUT2D eigenvalue weighted by Gasteiger charge is 2.39. The first-order valence-corrected chi connectivity index (χ1v) is 9.50. The third-order valence-electron chi connectivity index (χ3n) is 5.54. The molecule has 2 fully saturated rings. The van der Waals surface area contributed by atoms with Crippen LogP contribution in [-0.2, 0) is 22.6 Å². The van der Waals surface area contributed by atoms with Crippen molar-refractivity contribution < 1.29 is 9.53 Å². The molecule has 3 rings (SSSR count). The summed E-state index contributed by atoms with van der Waals surface area (Å²) in [6.45, 7) is 6.31. The van der Waals surface area contributed by atoms with Crippen LogP contribution in [-0.4, -0.2) is 50.7 Å². The number of methoxy groups -OCH3 is 1. The molecule has 25 heavy (non-hydrogen) atoms. The molecule has 2 aliphatic heterocycles. The highest BCUT2D eigenvalue weighted by Crippen LogP contribution is 2.29. The van der Waals surface area contributed by atoms with Gasteiger partial charge >= 0.3 is 0 Å². The van der Waals surface area contributed by atoms with E-state index in [4.69, 9.17) is 4.74 Å². The Balaban J connectivity index is 1.52. The Morgan fingerprint density at radius 1 is 1.16 bits per heavy atom. The van der Waals surface area contributed by atoms with Crippen LogP contribution in [0.1, 0.15) is 36.8 Å². The van der Waals surface area contributed by atoms with E-state index >= 15 is 0 Å². The lowest BCUT2D eigenvalue weighted by Crippen LogP contribution is -2.49. The van der Waals surface area contributed by atoms with Crippen LogP contribution in [0.3, 0.4) is 0 Å². The molecule has 0 atom stereocenters. The van der Waals surface area contributed by atoms with Gasteiger partial charge in [-0.3, -0.25) is 9.69 Å². The molecular weight excluding hydrogens is 314 g/mol. The van der Waals surface area contributed by atoms with Crippen molar-refractivity contribution in [2.24, 2.45) is 5.41 Å². The fraction of sp³-hybridized carbons (Fsp3) is 0.650. The Morgan fingerprint density at radius 2 is 1.80 bits per heavy atom. The summed E-state index contributed by atoms with van der Waals surface area (Å²) < 4.78 is 5.34. The topological polar surface area (TPSA) is 53.6 Å². The van der Waals surface area contributed by atoms with Gasteiger partial charge in [0.05, 0.1) is 12.0 Å². The van der Waals surface area contributed by atoms with Gasteiger partial charge in [-0.05, 0) is 63.0 Å². The second-order valence-electron chi connectivity index (χ2n) is 7.45. The molecule has 1 amide bonds. The standard InChI is InChI=1S/C20H31N3O2/c1-25-16-20(8-10-21-11-9-20)19(24)22-14-17-4-6-18(7-5-17)15-23-12-2-3-13-23/h4-7,21H,2-3,8-16H2,1H3,(H,22,24). The Kier molecular flexibility index (Phi) is 6.45. The fourth-order valence-electron chi connectivity index (χ4n) is 3.95. The molecule has 0 bridgehead atoms. The molecule has 138 valence electrons. The fourth-order valence-corrected chi connectivity index (χ4v) is 3.95. The van der Waals surface area contributed by atoms with Crippen LogP contribution in [0.2, 0.25) is 0 Å². The quantitative estimate of drug-likeness (QED) is 0.793. The Labute approximate surface area is 151 Å². The van der Waals surface area contributed by atoms with Gasteiger partial charge in [-0.25, -0.2) is 0 Å². The minimum absolute atomic E-state index is 0.122. The average Bonchev–Trinajstić information content (AvgIpc) is 3.15. The first-order chi connectivity index (χ1) is 12.2. The molecular formula is C20H31N3O2. The summed E-state index contributed by atoms with van der Waals surface area (Å²) in [5.41, 5.74) is 2.13. The average molecular weight is 345 g/mol. The van der Waals surface area contributed by atoms with Crippen molar-refractivity contribution in [3.8, 4) is 0 Å². The van der Waals surface area contributed by atoms with Gasteiger partial charge in [0.1, 0.15) is 0 Å². The number of nitrogens with zero attached hydrogens (tertiary/aromatic N) is 1. The molecule has 1 aromatic rings. The SMILES string of the molecule is COCC1(C(=O)NCc2ccc(CN3CCCC3)cc2)CCNCC1. The molecule has 5 nitrogen and oxygen atoms in total. The zero-order chi connectivity index (χ0) is 17.5. The number of likely N-dealkylation sites (tertiary alicyclic amines) is 1. The normalized spacial score (nSPS) is 20.5. The molecule has 2 saturated heterocycles. The van der Waals surface area contributed by atoms with Gasteiger partial charge in [-0.2, -0.15) is 0 Å². The first kappa shape index (κ1) is 18.4. The van der Waals surface area contributed by atoms with Crippen molar-refractivity contribution >= 4 is 5.91 Å². The van der Waals surface area contributed by atoms with Gasteiger partial charge in [-0.1, -0.05) is 24.3 Å². The molecule has 0 saturated carbocycles. The molecule has 2 heterocycles. The highest BCUT2D eigenvalue weighted by atomic mass is 16.5. The largest absolute Gasteiger partial charge is 0.384 e. The lowest BCUT2D eigenvalue weighted by Gasteiger charge is -2.35. The van der Waals surface area contributed by atoms with E-state index in [1.807, 2.05) is 0 Å². The van der Waals surface area contributed by atoms with Crippen LogP contribution in [0.4, 0.5) is 0 Å². The number of benzene rings is 1. The van der Waals surface area contributed by atoms with E-state index in [-0.39, 0.29) is 11.3 Å². The maximum Gasteiger partial charge on any atom is 0.228 e. The molecule has 0 aromatic heterocycles. The van der Waals surface area contributed by atoms with Crippen LogP contribution >= 0.6 is 0 Å². The predicted molar refractivity (Wildman–Crippen MR) is 99.2 cm³/mol. The van der Waals surface area contributed by atoms with Crippen LogP contribution in [0.5, 0.6) is 0 Å². The Morgan fingerprint density at radius 3 is 2.44 bits per heavy atom. The number of hydrogen-bond donors (Lipinski definition) is 2. The molecule has 2 aliphatic rings. The van der Waals surface area contributed by atoms with Gasteiger partial charge in [0.25, 0.3) is 0 Å². The van der Waals surface area contributed by atoms with Gasteiger partial charge in [-0.15, -0.1) is 0 Å². The number of nitrogens with one attached hydrogen (secondary N) is 2. The van der Waals surface area contributed by atoms with Crippen LogP contribution in [0, 0.1) is 5.41 Å². The Hall–Kier alpha value is -1.43. The van der Waals surface area contributed by atoms with Gasteiger partial charge in [0, 0.05) is 20.2 Å². The second kappa shape index (κ2) is 8.79. The van der Waals surface area contributed by atoms with Crippen LogP contribution < -0.4 is 10.6 Å². The third-order valence-corrected chi connectivity index (χ3v) is 5.54. The van der Waals surface area contributed by atoms with E-state index in [2.05, 4.69) is 39.8 Å². The van der Waals surface area contributed by atoms with E-state index < -0.39 is 0 Å². The zero-order valence-electron chi connectivity index (χ0n) is 15.4. The minimum atomic E-state index is -0.379. The number of rotatable bonds is 7. The number of carbonyl (C=O) groups is 1. The minimum Gasteiger partial charge on any atom is -0.384 e. The van der Waals surface area contributed by atoms with Gasteiger partial charge in [0.15, 0.2) is 0 Å². The summed E-state index contributed by atoms with van der Waals surface area (Å²) in [5.74, 6) is 0.122. The number of amides is 1. The predicted octanol–water partition coefficient (Wildman–Crippen LogP) is 1.91. The van der Waals surface area contributed by atoms with Crippen molar-refractivity contribution in [1.29, 1.82) is 0 Å². The summed E-state index contributed by atoms with van der Waals surface area (Å²) in [4.78, 5) is 15.3. The van der Waals surface area contributed by atoms with E-state index in [9.17, 15) is 4.79 Å². The maximum atomic E-state index is 12.8. The number of ether oxygens (including phenoxy) is 1. The van der Waals surface area contributed by atoms with Crippen molar-refractivity contribution in [3.05, 3.63) is 35.4 Å². The van der Waals surface area contributed by atoms with Crippen LogP contribution in [0.15, 0.2) is 24.3 Å². The van der Waals surface area contributed by atoms with E-state index in [1.165, 1.54) is 31.5 Å². The Bertz CT molecular complexity index is 541. The molecule has 0 aliphatic carbocycles. The van der Waals surface area contributed by atoms with E-state index in [0.717, 1.165) is 38.0 Å². The van der Waals surface area contributed by atoms with Crippen molar-refractivity contribution in [2.75, 3.05) is 39.9 Å². The maximum absolute atomic E-state index is 12.8. The van der Waals surface area contributed by atoms with E-state index in [0.29, 0.717) is 13.2 Å². The third kappa shape index (κ3) is 4.81.